The predicted octanol–water partition coefficient (Wildman–Crippen LogP) is 3.98. The van der Waals surface area contributed by atoms with Gasteiger partial charge in [0, 0.05) is 6.54 Å². The summed E-state index contributed by atoms with van der Waals surface area (Å²) in [6.07, 6.45) is -2.50. The summed E-state index contributed by atoms with van der Waals surface area (Å²) in [5, 5.41) is 0. The van der Waals surface area contributed by atoms with Crippen molar-refractivity contribution in [1.29, 1.82) is 0 Å². The maximum absolute atomic E-state index is 12.9. The van der Waals surface area contributed by atoms with E-state index >= 15 is 0 Å². The van der Waals surface area contributed by atoms with Crippen molar-refractivity contribution in [2.45, 2.75) is 39.4 Å². The Balaban J connectivity index is 2.87. The molecule has 0 aliphatic rings. The molecule has 0 aromatic heterocycles. The van der Waals surface area contributed by atoms with Crippen molar-refractivity contribution >= 4 is 0 Å². The van der Waals surface area contributed by atoms with E-state index in [1.54, 1.807) is 6.07 Å². The molecule has 2 nitrogen and oxygen atoms in total. The molecule has 1 unspecified atom stereocenters. The van der Waals surface area contributed by atoms with Crippen LogP contribution >= 0.6 is 0 Å². The minimum atomic E-state index is -4.42. The largest absolute Gasteiger partial charge is 0.493 e. The first-order valence-electron chi connectivity index (χ1n) is 6.41. The second-order valence-corrected chi connectivity index (χ2v) is 4.74. The highest BCUT2D eigenvalue weighted by Gasteiger charge is 2.34. The second kappa shape index (κ2) is 6.80. The van der Waals surface area contributed by atoms with Crippen LogP contribution in [0.2, 0.25) is 0 Å². The van der Waals surface area contributed by atoms with Crippen molar-refractivity contribution in [3.05, 3.63) is 29.3 Å². The van der Waals surface area contributed by atoms with Crippen LogP contribution in [0.5, 0.6) is 5.75 Å². The van der Waals surface area contributed by atoms with Crippen LogP contribution in [0.1, 0.15) is 37.8 Å². The molecule has 0 radical (unpaired) electrons. The molecule has 1 rings (SSSR count). The quantitative estimate of drug-likeness (QED) is 0.852. The van der Waals surface area contributed by atoms with Crippen LogP contribution in [-0.4, -0.2) is 6.61 Å². The fraction of sp³-hybridized carbons (Fsp3) is 0.571. The van der Waals surface area contributed by atoms with Crippen LogP contribution in [0.15, 0.2) is 18.2 Å². The van der Waals surface area contributed by atoms with Crippen molar-refractivity contribution in [3.63, 3.8) is 0 Å². The maximum atomic E-state index is 12.9. The molecule has 1 aromatic rings. The third kappa shape index (κ3) is 4.74. The Hall–Kier alpha value is -1.23. The first-order valence-corrected chi connectivity index (χ1v) is 6.41. The molecular weight excluding hydrogens is 255 g/mol. The zero-order valence-electron chi connectivity index (χ0n) is 11.3. The summed E-state index contributed by atoms with van der Waals surface area (Å²) >= 11 is 0. The SMILES string of the molecule is CCCC(C)COc1ccc(CN)cc1C(F)(F)F. The van der Waals surface area contributed by atoms with E-state index in [9.17, 15) is 13.2 Å². The van der Waals surface area contributed by atoms with Gasteiger partial charge >= 0.3 is 6.18 Å². The molecule has 108 valence electrons. The minimum absolute atomic E-state index is 0.0790. The van der Waals surface area contributed by atoms with Gasteiger partial charge in [-0.2, -0.15) is 13.2 Å². The minimum Gasteiger partial charge on any atom is -0.493 e. The molecule has 1 aromatic carbocycles. The van der Waals surface area contributed by atoms with Gasteiger partial charge in [0.1, 0.15) is 5.75 Å². The van der Waals surface area contributed by atoms with E-state index in [2.05, 4.69) is 0 Å². The molecule has 0 aliphatic heterocycles. The summed E-state index contributed by atoms with van der Waals surface area (Å²) in [6, 6.07) is 3.97. The maximum Gasteiger partial charge on any atom is 0.419 e. The summed E-state index contributed by atoms with van der Waals surface area (Å²) in [4.78, 5) is 0. The van der Waals surface area contributed by atoms with Crippen molar-refractivity contribution in [1.82, 2.24) is 0 Å². The number of ether oxygens (including phenoxy) is 1. The van der Waals surface area contributed by atoms with E-state index in [1.807, 2.05) is 13.8 Å². The molecule has 0 bridgehead atoms. The van der Waals surface area contributed by atoms with Gasteiger partial charge in [-0.15, -0.1) is 0 Å². The van der Waals surface area contributed by atoms with E-state index in [0.717, 1.165) is 18.9 Å². The van der Waals surface area contributed by atoms with E-state index in [-0.39, 0.29) is 18.2 Å². The van der Waals surface area contributed by atoms with Crippen molar-refractivity contribution in [2.24, 2.45) is 11.7 Å². The average molecular weight is 275 g/mol. The van der Waals surface area contributed by atoms with Gasteiger partial charge in [0.2, 0.25) is 0 Å². The molecule has 0 saturated carbocycles. The van der Waals surface area contributed by atoms with Crippen LogP contribution < -0.4 is 10.5 Å². The second-order valence-electron chi connectivity index (χ2n) is 4.74. The van der Waals surface area contributed by atoms with E-state index < -0.39 is 11.7 Å². The normalized spacial score (nSPS) is 13.4. The molecule has 0 saturated heterocycles. The first-order chi connectivity index (χ1) is 8.88. The lowest BCUT2D eigenvalue weighted by molar-refractivity contribution is -0.139. The predicted molar refractivity (Wildman–Crippen MR) is 68.9 cm³/mol. The topological polar surface area (TPSA) is 35.2 Å². The van der Waals surface area contributed by atoms with Crippen molar-refractivity contribution < 1.29 is 17.9 Å². The number of nitrogens with two attached hydrogens (primary N) is 1. The number of rotatable bonds is 6. The third-order valence-electron chi connectivity index (χ3n) is 2.89. The Morgan fingerprint density at radius 2 is 2.00 bits per heavy atom. The molecule has 19 heavy (non-hydrogen) atoms. The summed E-state index contributed by atoms with van der Waals surface area (Å²) in [5.74, 6) is 0.118. The number of hydrogen-bond acceptors (Lipinski definition) is 2. The number of hydrogen-bond donors (Lipinski definition) is 1. The van der Waals surface area contributed by atoms with Gasteiger partial charge in [0.25, 0.3) is 0 Å². The van der Waals surface area contributed by atoms with Crippen LogP contribution in [0.4, 0.5) is 13.2 Å². The highest BCUT2D eigenvalue weighted by molar-refractivity contribution is 5.39. The molecular formula is C14H20F3NO. The fourth-order valence-electron chi connectivity index (χ4n) is 1.86. The van der Waals surface area contributed by atoms with E-state index in [1.165, 1.54) is 6.07 Å². The molecule has 0 fully saturated rings. The Bertz CT molecular complexity index is 404. The van der Waals surface area contributed by atoms with Gasteiger partial charge in [-0.25, -0.2) is 0 Å². The van der Waals surface area contributed by atoms with Gasteiger partial charge in [-0.05, 0) is 30.0 Å². The summed E-state index contributed by atoms with van der Waals surface area (Å²) < 4.78 is 44.1. The first kappa shape index (κ1) is 15.8. The van der Waals surface area contributed by atoms with Crippen LogP contribution in [0.3, 0.4) is 0 Å². The van der Waals surface area contributed by atoms with Crippen molar-refractivity contribution in [3.8, 4) is 5.75 Å². The van der Waals surface area contributed by atoms with Crippen LogP contribution in [-0.2, 0) is 12.7 Å². The van der Waals surface area contributed by atoms with Crippen LogP contribution in [0.25, 0.3) is 0 Å². The Kier molecular flexibility index (Phi) is 5.66. The highest BCUT2D eigenvalue weighted by Crippen LogP contribution is 2.37. The molecule has 0 spiro atoms. The number of halogens is 3. The average Bonchev–Trinajstić information content (AvgIpc) is 2.35. The van der Waals surface area contributed by atoms with Crippen molar-refractivity contribution in [2.75, 3.05) is 6.61 Å². The molecule has 1 atom stereocenters. The Labute approximate surface area is 111 Å². The third-order valence-corrected chi connectivity index (χ3v) is 2.89. The monoisotopic (exact) mass is 275 g/mol. The lowest BCUT2D eigenvalue weighted by Gasteiger charge is -2.17. The zero-order chi connectivity index (χ0) is 14.5. The molecule has 0 aliphatic carbocycles. The molecule has 0 heterocycles. The number of alkyl halides is 3. The summed E-state index contributed by atoms with van der Waals surface area (Å²) in [7, 11) is 0. The zero-order valence-corrected chi connectivity index (χ0v) is 11.3. The lowest BCUT2D eigenvalue weighted by atomic mass is 10.1. The highest BCUT2D eigenvalue weighted by atomic mass is 19.4. The lowest BCUT2D eigenvalue weighted by Crippen LogP contribution is -2.14. The number of benzene rings is 1. The molecule has 2 N–H and O–H groups in total. The fourth-order valence-corrected chi connectivity index (χ4v) is 1.86. The smallest absolute Gasteiger partial charge is 0.419 e. The van der Waals surface area contributed by atoms with Gasteiger partial charge in [-0.3, -0.25) is 0 Å². The Morgan fingerprint density at radius 1 is 1.32 bits per heavy atom. The molecule has 5 heteroatoms. The molecule has 0 amide bonds. The van der Waals surface area contributed by atoms with Gasteiger partial charge < -0.3 is 10.5 Å². The summed E-state index contributed by atoms with van der Waals surface area (Å²) in [6.45, 7) is 4.37. The van der Waals surface area contributed by atoms with Gasteiger partial charge in [0.15, 0.2) is 0 Å². The van der Waals surface area contributed by atoms with E-state index in [0.29, 0.717) is 12.2 Å². The Morgan fingerprint density at radius 3 is 2.53 bits per heavy atom. The summed E-state index contributed by atoms with van der Waals surface area (Å²) in [5.41, 5.74) is 5.06. The van der Waals surface area contributed by atoms with E-state index in [4.69, 9.17) is 10.5 Å². The standard InChI is InChI=1S/C14H20F3NO/c1-3-4-10(2)9-19-13-6-5-11(8-18)7-12(13)14(15,16)17/h5-7,10H,3-4,8-9,18H2,1-2H3. The van der Waals surface area contributed by atoms with Gasteiger partial charge in [-0.1, -0.05) is 26.3 Å². The van der Waals surface area contributed by atoms with Gasteiger partial charge in [0.05, 0.1) is 12.2 Å². The van der Waals surface area contributed by atoms with Crippen LogP contribution in [0, 0.1) is 5.92 Å².